The molecular formula is C25H18F4N2O3. The second-order valence-electron chi connectivity index (χ2n) is 7.59. The highest BCUT2D eigenvalue weighted by Gasteiger charge is 2.33. The zero-order valence-corrected chi connectivity index (χ0v) is 17.9. The first-order valence-corrected chi connectivity index (χ1v) is 10.4. The molecule has 0 aliphatic rings. The molecule has 4 aromatic rings. The van der Waals surface area contributed by atoms with Gasteiger partial charge in [-0.25, -0.2) is 9.18 Å². The van der Waals surface area contributed by atoms with Crippen molar-refractivity contribution in [3.05, 3.63) is 83.2 Å². The number of halogens is 4. The van der Waals surface area contributed by atoms with Crippen LogP contribution in [-0.2, 0) is 12.6 Å². The van der Waals surface area contributed by atoms with Gasteiger partial charge in [-0.1, -0.05) is 42.8 Å². The molecule has 0 saturated carbocycles. The summed E-state index contributed by atoms with van der Waals surface area (Å²) in [7, 11) is 0. The maximum absolute atomic E-state index is 14.0. The third-order valence-corrected chi connectivity index (χ3v) is 5.28. The molecule has 0 aliphatic carbocycles. The lowest BCUT2D eigenvalue weighted by Gasteiger charge is -2.16. The summed E-state index contributed by atoms with van der Waals surface area (Å²) in [4.78, 5) is 15.3. The van der Waals surface area contributed by atoms with Gasteiger partial charge in [0.1, 0.15) is 5.82 Å². The number of aromatic carboxylic acids is 1. The van der Waals surface area contributed by atoms with Crippen LogP contribution in [-0.4, -0.2) is 21.2 Å². The number of carbonyl (C=O) groups is 1. The highest BCUT2D eigenvalue weighted by atomic mass is 19.4. The number of benzene rings is 3. The van der Waals surface area contributed by atoms with Gasteiger partial charge in [0.25, 0.3) is 5.89 Å². The van der Waals surface area contributed by atoms with E-state index in [9.17, 15) is 22.4 Å². The zero-order valence-electron chi connectivity index (χ0n) is 17.9. The fourth-order valence-corrected chi connectivity index (χ4v) is 3.72. The van der Waals surface area contributed by atoms with Crippen molar-refractivity contribution in [3.8, 4) is 34.0 Å². The van der Waals surface area contributed by atoms with Crippen molar-refractivity contribution in [1.29, 1.82) is 0 Å². The van der Waals surface area contributed by atoms with Crippen molar-refractivity contribution >= 4 is 5.97 Å². The van der Waals surface area contributed by atoms with Gasteiger partial charge < -0.3 is 9.63 Å². The Kier molecular flexibility index (Phi) is 6.19. The minimum atomic E-state index is -4.49. The molecule has 9 heteroatoms. The van der Waals surface area contributed by atoms with Crippen LogP contribution < -0.4 is 0 Å². The Labute approximate surface area is 191 Å². The summed E-state index contributed by atoms with van der Waals surface area (Å²) in [5.41, 5.74) is 0.765. The molecular weight excluding hydrogens is 452 g/mol. The van der Waals surface area contributed by atoms with Crippen molar-refractivity contribution in [3.63, 3.8) is 0 Å². The van der Waals surface area contributed by atoms with Gasteiger partial charge in [0.15, 0.2) is 0 Å². The van der Waals surface area contributed by atoms with Crippen molar-refractivity contribution < 1.29 is 32.0 Å². The standard InChI is InChI=1S/C25H18F4N2O3/c1-2-5-14-12-16(9-10-17(14)18-6-3-4-7-20(18)25(27,28)29)23-30-22(31-34-23)15-8-11-19(24(32)33)21(26)13-15/h3-4,6-13H,2,5H2,1H3,(H,32,33). The van der Waals surface area contributed by atoms with E-state index in [1.165, 1.54) is 18.2 Å². The quantitative estimate of drug-likeness (QED) is 0.311. The summed E-state index contributed by atoms with van der Waals surface area (Å²) in [6.45, 7) is 1.92. The minimum Gasteiger partial charge on any atom is -0.478 e. The van der Waals surface area contributed by atoms with Crippen LogP contribution >= 0.6 is 0 Å². The lowest BCUT2D eigenvalue weighted by molar-refractivity contribution is -0.137. The molecule has 1 N–H and O–H groups in total. The van der Waals surface area contributed by atoms with Crippen molar-refractivity contribution in [2.24, 2.45) is 0 Å². The van der Waals surface area contributed by atoms with E-state index in [2.05, 4.69) is 10.1 Å². The van der Waals surface area contributed by atoms with Crippen LogP contribution in [0.3, 0.4) is 0 Å². The van der Waals surface area contributed by atoms with Crippen LogP contribution in [0, 0.1) is 5.82 Å². The van der Waals surface area contributed by atoms with Crippen LogP contribution in [0.5, 0.6) is 0 Å². The Bertz CT molecular complexity index is 1360. The zero-order chi connectivity index (χ0) is 24.5. The smallest absolute Gasteiger partial charge is 0.417 e. The normalized spacial score (nSPS) is 11.6. The summed E-state index contributed by atoms with van der Waals surface area (Å²) >= 11 is 0. The molecule has 4 rings (SSSR count). The van der Waals surface area contributed by atoms with Gasteiger partial charge in [-0.3, -0.25) is 0 Å². The summed E-state index contributed by atoms with van der Waals surface area (Å²) in [6, 6.07) is 13.8. The highest BCUT2D eigenvalue weighted by Crippen LogP contribution is 2.39. The predicted octanol–water partition coefficient (Wildman–Crippen LogP) is 6.88. The summed E-state index contributed by atoms with van der Waals surface area (Å²) < 4.78 is 60.0. The van der Waals surface area contributed by atoms with Gasteiger partial charge in [-0.2, -0.15) is 18.2 Å². The number of nitrogens with zero attached hydrogens (tertiary/aromatic N) is 2. The van der Waals surface area contributed by atoms with Gasteiger partial charge in [0.2, 0.25) is 5.82 Å². The SMILES string of the molecule is CCCc1cc(-c2nc(-c3ccc(C(=O)O)c(F)c3)no2)ccc1-c1ccccc1C(F)(F)F. The van der Waals surface area contributed by atoms with E-state index in [-0.39, 0.29) is 22.8 Å². The van der Waals surface area contributed by atoms with Crippen LogP contribution in [0.2, 0.25) is 0 Å². The molecule has 0 fully saturated rings. The van der Waals surface area contributed by atoms with Crippen molar-refractivity contribution in [2.45, 2.75) is 25.9 Å². The lowest BCUT2D eigenvalue weighted by Crippen LogP contribution is -2.07. The van der Waals surface area contributed by atoms with Gasteiger partial charge in [0.05, 0.1) is 11.1 Å². The molecule has 0 aliphatic heterocycles. The maximum Gasteiger partial charge on any atom is 0.417 e. The average molecular weight is 470 g/mol. The largest absolute Gasteiger partial charge is 0.478 e. The molecule has 1 aromatic heterocycles. The third kappa shape index (κ3) is 4.54. The van der Waals surface area contributed by atoms with E-state index in [4.69, 9.17) is 9.63 Å². The van der Waals surface area contributed by atoms with Crippen LogP contribution in [0.15, 0.2) is 65.2 Å². The second-order valence-corrected chi connectivity index (χ2v) is 7.59. The van der Waals surface area contributed by atoms with Gasteiger partial charge >= 0.3 is 12.1 Å². The number of hydrogen-bond acceptors (Lipinski definition) is 4. The van der Waals surface area contributed by atoms with Gasteiger partial charge in [0, 0.05) is 11.1 Å². The molecule has 34 heavy (non-hydrogen) atoms. The topological polar surface area (TPSA) is 76.2 Å². The van der Waals surface area contributed by atoms with E-state index in [0.29, 0.717) is 29.5 Å². The number of aromatic nitrogens is 2. The molecule has 1 heterocycles. The van der Waals surface area contributed by atoms with Gasteiger partial charge in [-0.15, -0.1) is 0 Å². The maximum atomic E-state index is 14.0. The van der Waals surface area contributed by atoms with Crippen LogP contribution in [0.4, 0.5) is 17.6 Å². The molecule has 0 amide bonds. The second kappa shape index (κ2) is 9.09. The van der Waals surface area contributed by atoms with E-state index >= 15 is 0 Å². The molecule has 0 saturated heterocycles. The average Bonchev–Trinajstić information content (AvgIpc) is 3.29. The van der Waals surface area contributed by atoms with E-state index in [1.807, 2.05) is 6.92 Å². The van der Waals surface area contributed by atoms with Crippen LogP contribution in [0.1, 0.15) is 34.8 Å². The number of alkyl halides is 3. The fourth-order valence-electron chi connectivity index (χ4n) is 3.72. The van der Waals surface area contributed by atoms with E-state index < -0.39 is 29.1 Å². The monoisotopic (exact) mass is 470 g/mol. The Morgan fingerprint density at radius 2 is 1.74 bits per heavy atom. The first-order valence-electron chi connectivity index (χ1n) is 10.4. The Morgan fingerprint density at radius 1 is 1.00 bits per heavy atom. The third-order valence-electron chi connectivity index (χ3n) is 5.28. The van der Waals surface area contributed by atoms with Gasteiger partial charge in [-0.05, 0) is 59.5 Å². The molecule has 3 aromatic carbocycles. The minimum absolute atomic E-state index is 0.0503. The number of carboxylic acids is 1. The number of carboxylic acid groups (broad SMARTS) is 1. The molecule has 0 atom stereocenters. The molecule has 0 spiro atoms. The van der Waals surface area contributed by atoms with E-state index in [1.54, 1.807) is 24.3 Å². The fraction of sp³-hybridized carbons (Fsp3) is 0.160. The Morgan fingerprint density at radius 3 is 2.41 bits per heavy atom. The summed E-state index contributed by atoms with van der Waals surface area (Å²) in [6.07, 6.45) is -3.27. The predicted molar refractivity (Wildman–Crippen MR) is 117 cm³/mol. The highest BCUT2D eigenvalue weighted by molar-refractivity contribution is 5.88. The lowest BCUT2D eigenvalue weighted by atomic mass is 9.91. The number of rotatable bonds is 6. The van der Waals surface area contributed by atoms with E-state index in [0.717, 1.165) is 18.2 Å². The Hall–Kier alpha value is -4.01. The molecule has 0 bridgehead atoms. The van der Waals surface area contributed by atoms with Crippen molar-refractivity contribution in [2.75, 3.05) is 0 Å². The molecule has 0 radical (unpaired) electrons. The molecule has 0 unspecified atom stereocenters. The number of aryl methyl sites for hydroxylation is 1. The Balaban J connectivity index is 1.73. The van der Waals surface area contributed by atoms with Crippen LogP contribution in [0.25, 0.3) is 34.0 Å². The summed E-state index contributed by atoms with van der Waals surface area (Å²) in [5.74, 6) is -2.18. The number of hydrogen-bond donors (Lipinski definition) is 1. The molecule has 174 valence electrons. The van der Waals surface area contributed by atoms with Crippen molar-refractivity contribution in [1.82, 2.24) is 10.1 Å². The first-order chi connectivity index (χ1) is 16.2. The summed E-state index contributed by atoms with van der Waals surface area (Å²) in [5, 5.41) is 12.8. The molecule has 5 nitrogen and oxygen atoms in total. The first kappa shape index (κ1) is 23.2.